The molecule has 4 heterocycles. The number of rotatable bonds is 2. The van der Waals surface area contributed by atoms with E-state index in [1.54, 1.807) is 11.3 Å². The molecule has 25 heavy (non-hydrogen) atoms. The number of hydrogen-bond donors (Lipinski definition) is 0. The number of piperidine rings is 1. The minimum Gasteiger partial charge on any atom is -0.336 e. The van der Waals surface area contributed by atoms with Crippen molar-refractivity contribution in [3.63, 3.8) is 0 Å². The summed E-state index contributed by atoms with van der Waals surface area (Å²) in [5, 5.41) is 7.46. The van der Waals surface area contributed by atoms with E-state index in [0.717, 1.165) is 35.3 Å². The van der Waals surface area contributed by atoms with Crippen LogP contribution in [0.4, 0.5) is 0 Å². The van der Waals surface area contributed by atoms with E-state index in [-0.39, 0.29) is 30.1 Å². The number of aryl methyl sites for hydroxylation is 1. The second-order valence-corrected chi connectivity index (χ2v) is 7.88. The van der Waals surface area contributed by atoms with Crippen molar-refractivity contribution in [3.05, 3.63) is 33.7 Å². The third-order valence-corrected chi connectivity index (χ3v) is 6.13. The van der Waals surface area contributed by atoms with Gasteiger partial charge < -0.3 is 4.90 Å². The van der Waals surface area contributed by atoms with Crippen LogP contribution >= 0.6 is 11.3 Å². The Morgan fingerprint density at radius 3 is 2.76 bits per heavy atom. The molecule has 132 valence electrons. The summed E-state index contributed by atoms with van der Waals surface area (Å²) in [6, 6.07) is 4.32. The highest BCUT2D eigenvalue weighted by molar-refractivity contribution is 7.16. The van der Waals surface area contributed by atoms with Crippen LogP contribution in [0.15, 0.2) is 22.3 Å². The van der Waals surface area contributed by atoms with Gasteiger partial charge in [0.25, 0.3) is 5.56 Å². The van der Waals surface area contributed by atoms with Crippen LogP contribution in [-0.4, -0.2) is 37.1 Å². The summed E-state index contributed by atoms with van der Waals surface area (Å²) in [4.78, 5) is 28.6. The minimum atomic E-state index is -0.209. The van der Waals surface area contributed by atoms with Crippen molar-refractivity contribution in [2.45, 2.75) is 58.7 Å². The van der Waals surface area contributed by atoms with Gasteiger partial charge in [0.15, 0.2) is 0 Å². The molecule has 7 heteroatoms. The average Bonchev–Trinajstić information content (AvgIpc) is 3.12. The van der Waals surface area contributed by atoms with Crippen LogP contribution in [0.1, 0.15) is 38.9 Å². The van der Waals surface area contributed by atoms with Crippen LogP contribution in [0, 0.1) is 6.92 Å². The fraction of sp³-hybridized carbons (Fsp3) is 0.500. The van der Waals surface area contributed by atoms with E-state index in [1.807, 2.05) is 33.7 Å². The Labute approximate surface area is 149 Å². The summed E-state index contributed by atoms with van der Waals surface area (Å²) >= 11 is 1.59. The van der Waals surface area contributed by atoms with E-state index in [4.69, 9.17) is 0 Å². The third kappa shape index (κ3) is 2.57. The highest BCUT2D eigenvalue weighted by Crippen LogP contribution is 2.25. The predicted octanol–water partition coefficient (Wildman–Crippen LogP) is 2.81. The molecule has 0 N–H and O–H groups in total. The van der Waals surface area contributed by atoms with Gasteiger partial charge in [-0.15, -0.1) is 11.3 Å². The molecule has 2 unspecified atom stereocenters. The molecule has 3 aromatic heterocycles. The van der Waals surface area contributed by atoms with Gasteiger partial charge in [-0.3, -0.25) is 14.0 Å². The zero-order valence-corrected chi connectivity index (χ0v) is 15.5. The molecule has 0 aliphatic carbocycles. The molecule has 1 fully saturated rings. The van der Waals surface area contributed by atoms with Gasteiger partial charge in [0.2, 0.25) is 5.91 Å². The summed E-state index contributed by atoms with van der Waals surface area (Å²) in [7, 11) is 0. The van der Waals surface area contributed by atoms with Crippen LogP contribution in [0.25, 0.3) is 15.7 Å². The first-order chi connectivity index (χ1) is 12.0. The molecule has 1 aliphatic rings. The quantitative estimate of drug-likeness (QED) is 0.708. The fourth-order valence-corrected chi connectivity index (χ4v) is 4.97. The van der Waals surface area contributed by atoms with Gasteiger partial charge in [-0.25, -0.2) is 4.68 Å². The number of carbonyl (C=O) groups is 1. The minimum absolute atomic E-state index is 0.00365. The molecule has 0 bridgehead atoms. The first-order valence-corrected chi connectivity index (χ1v) is 9.63. The van der Waals surface area contributed by atoms with Crippen LogP contribution in [-0.2, 0) is 11.3 Å². The van der Waals surface area contributed by atoms with Gasteiger partial charge in [0.05, 0.1) is 0 Å². The largest absolute Gasteiger partial charge is 0.336 e. The van der Waals surface area contributed by atoms with Gasteiger partial charge in [-0.2, -0.15) is 5.10 Å². The van der Waals surface area contributed by atoms with Gasteiger partial charge in [-0.1, -0.05) is 0 Å². The Bertz CT molecular complexity index is 1010. The predicted molar refractivity (Wildman–Crippen MR) is 99.2 cm³/mol. The van der Waals surface area contributed by atoms with Crippen LogP contribution < -0.4 is 5.56 Å². The van der Waals surface area contributed by atoms with Gasteiger partial charge in [0.1, 0.15) is 22.7 Å². The Balaban J connectivity index is 1.73. The second-order valence-electron chi connectivity index (χ2n) is 6.99. The van der Waals surface area contributed by atoms with Crippen molar-refractivity contribution in [2.24, 2.45) is 0 Å². The van der Waals surface area contributed by atoms with E-state index in [0.29, 0.717) is 5.52 Å². The molecular formula is C18H22N4O2S. The van der Waals surface area contributed by atoms with Gasteiger partial charge in [0, 0.05) is 17.5 Å². The molecular weight excluding hydrogens is 336 g/mol. The van der Waals surface area contributed by atoms with Crippen molar-refractivity contribution in [1.29, 1.82) is 0 Å². The highest BCUT2D eigenvalue weighted by Gasteiger charge is 2.29. The first kappa shape index (κ1) is 16.3. The number of amides is 1. The molecule has 0 saturated carbocycles. The zero-order valence-electron chi connectivity index (χ0n) is 14.7. The maximum atomic E-state index is 12.8. The van der Waals surface area contributed by atoms with Crippen molar-refractivity contribution in [1.82, 2.24) is 19.1 Å². The number of nitrogens with zero attached hydrogens (tertiary/aromatic N) is 4. The van der Waals surface area contributed by atoms with Crippen LogP contribution in [0.5, 0.6) is 0 Å². The summed E-state index contributed by atoms with van der Waals surface area (Å²) in [5.74, 6) is 0.700. The molecule has 0 aromatic carbocycles. The van der Waals surface area contributed by atoms with E-state index < -0.39 is 0 Å². The van der Waals surface area contributed by atoms with Gasteiger partial charge in [-0.05, 0) is 57.5 Å². The second kappa shape index (κ2) is 5.98. The Kier molecular flexibility index (Phi) is 3.91. The lowest BCUT2D eigenvalue weighted by molar-refractivity contribution is -0.138. The summed E-state index contributed by atoms with van der Waals surface area (Å²) < 4.78 is 3.21. The van der Waals surface area contributed by atoms with Crippen LogP contribution in [0.2, 0.25) is 0 Å². The molecule has 0 radical (unpaired) electrons. The lowest BCUT2D eigenvalue weighted by Gasteiger charge is -2.39. The zero-order chi connectivity index (χ0) is 17.7. The number of aromatic nitrogens is 3. The first-order valence-electron chi connectivity index (χ1n) is 8.75. The molecule has 1 amide bonds. The number of fused-ring (bicyclic) bond motifs is 3. The van der Waals surface area contributed by atoms with Gasteiger partial charge >= 0.3 is 0 Å². The molecule has 2 atom stereocenters. The Morgan fingerprint density at radius 1 is 1.32 bits per heavy atom. The Hall–Kier alpha value is -2.15. The number of hydrogen-bond acceptors (Lipinski definition) is 4. The van der Waals surface area contributed by atoms with Crippen molar-refractivity contribution in [3.8, 4) is 0 Å². The third-order valence-electron chi connectivity index (χ3n) is 5.22. The Morgan fingerprint density at radius 2 is 2.04 bits per heavy atom. The monoisotopic (exact) mass is 358 g/mol. The number of carbonyl (C=O) groups excluding carboxylic acids is 1. The van der Waals surface area contributed by atoms with E-state index in [9.17, 15) is 9.59 Å². The summed E-state index contributed by atoms with van der Waals surface area (Å²) in [5.41, 5.74) is 0.376. The van der Waals surface area contributed by atoms with Crippen molar-refractivity contribution < 1.29 is 4.79 Å². The van der Waals surface area contributed by atoms with Crippen molar-refractivity contribution in [2.75, 3.05) is 0 Å². The molecule has 0 spiro atoms. The maximum absolute atomic E-state index is 12.8. The van der Waals surface area contributed by atoms with E-state index in [2.05, 4.69) is 18.9 Å². The molecule has 3 aromatic rings. The van der Waals surface area contributed by atoms with Crippen molar-refractivity contribution >= 4 is 33.0 Å². The highest BCUT2D eigenvalue weighted by atomic mass is 32.1. The fourth-order valence-electron chi connectivity index (χ4n) is 4.03. The standard InChI is InChI=1S/C18H22N4O2S/c1-11-5-4-6-12(2)21(11)16(23)10-20-17(24)15-9-14-7-8-25-18(14)22(15)13(3)19-20/h7-9,11-12H,4-6,10H2,1-3H3. The van der Waals surface area contributed by atoms with E-state index in [1.165, 1.54) is 4.68 Å². The maximum Gasteiger partial charge on any atom is 0.291 e. The number of thiophene rings is 1. The smallest absolute Gasteiger partial charge is 0.291 e. The lowest BCUT2D eigenvalue weighted by atomic mass is 9.97. The molecule has 4 rings (SSSR count). The molecule has 1 saturated heterocycles. The summed E-state index contributed by atoms with van der Waals surface area (Å²) in [6.07, 6.45) is 3.19. The van der Waals surface area contributed by atoms with Crippen LogP contribution in [0.3, 0.4) is 0 Å². The lowest BCUT2D eigenvalue weighted by Crippen LogP contribution is -2.49. The summed E-state index contributed by atoms with van der Waals surface area (Å²) in [6.45, 7) is 6.04. The normalized spacial score (nSPS) is 21.3. The topological polar surface area (TPSA) is 59.6 Å². The SMILES string of the molecule is Cc1nn(CC(=O)N2C(C)CCCC2C)c(=O)c2cc3ccsc3n12. The average molecular weight is 358 g/mol. The molecule has 1 aliphatic heterocycles. The molecule has 6 nitrogen and oxygen atoms in total. The van der Waals surface area contributed by atoms with E-state index >= 15 is 0 Å². The number of likely N-dealkylation sites (tertiary alicyclic amines) is 1.